The van der Waals surface area contributed by atoms with Gasteiger partial charge in [0.15, 0.2) is 0 Å². The van der Waals surface area contributed by atoms with Gasteiger partial charge in [0.25, 0.3) is 5.69 Å². The lowest BCUT2D eigenvalue weighted by Crippen LogP contribution is -2.07. The SMILES string of the molecule is C/C=C/SNc1ccc(NCCO)c([N+](=O)[O-])c1. The van der Waals surface area contributed by atoms with Gasteiger partial charge in [-0.2, -0.15) is 0 Å². The number of nitrogens with one attached hydrogen (secondary N) is 2. The van der Waals surface area contributed by atoms with Gasteiger partial charge in [0.1, 0.15) is 5.69 Å². The van der Waals surface area contributed by atoms with Crippen molar-refractivity contribution in [1.82, 2.24) is 0 Å². The van der Waals surface area contributed by atoms with Gasteiger partial charge in [0.05, 0.1) is 17.2 Å². The minimum Gasteiger partial charge on any atom is -0.395 e. The van der Waals surface area contributed by atoms with Crippen molar-refractivity contribution in [3.63, 3.8) is 0 Å². The molecule has 1 aromatic rings. The maximum atomic E-state index is 10.9. The summed E-state index contributed by atoms with van der Waals surface area (Å²) in [7, 11) is 0. The van der Waals surface area contributed by atoms with Crippen molar-refractivity contribution >= 4 is 29.0 Å². The molecule has 0 atom stereocenters. The third-order valence-electron chi connectivity index (χ3n) is 2.00. The number of nitrogens with zero attached hydrogens (tertiary/aromatic N) is 1. The zero-order valence-corrected chi connectivity index (χ0v) is 10.7. The first-order valence-corrected chi connectivity index (χ1v) is 6.23. The molecule has 7 heteroatoms. The first-order valence-electron chi connectivity index (χ1n) is 5.35. The van der Waals surface area contributed by atoms with E-state index in [0.717, 1.165) is 0 Å². The molecule has 18 heavy (non-hydrogen) atoms. The van der Waals surface area contributed by atoms with E-state index in [-0.39, 0.29) is 18.8 Å². The van der Waals surface area contributed by atoms with Crippen LogP contribution in [0.2, 0.25) is 0 Å². The summed E-state index contributed by atoms with van der Waals surface area (Å²) in [6.45, 7) is 2.09. The Morgan fingerprint density at radius 1 is 1.56 bits per heavy atom. The van der Waals surface area contributed by atoms with Crippen molar-refractivity contribution in [2.75, 3.05) is 23.2 Å². The Labute approximate surface area is 109 Å². The molecule has 1 rings (SSSR count). The van der Waals surface area contributed by atoms with Crippen molar-refractivity contribution in [1.29, 1.82) is 0 Å². The Bertz CT molecular complexity index is 438. The molecule has 0 heterocycles. The van der Waals surface area contributed by atoms with Crippen molar-refractivity contribution in [3.05, 3.63) is 39.8 Å². The van der Waals surface area contributed by atoms with Gasteiger partial charge >= 0.3 is 0 Å². The van der Waals surface area contributed by atoms with Crippen molar-refractivity contribution < 1.29 is 10.0 Å². The van der Waals surface area contributed by atoms with Crippen LogP contribution in [-0.4, -0.2) is 23.2 Å². The number of aliphatic hydroxyl groups excluding tert-OH is 1. The van der Waals surface area contributed by atoms with Crippen molar-refractivity contribution in [2.45, 2.75) is 6.92 Å². The summed E-state index contributed by atoms with van der Waals surface area (Å²) in [6, 6.07) is 4.81. The smallest absolute Gasteiger partial charge is 0.294 e. The molecule has 0 amide bonds. The summed E-state index contributed by atoms with van der Waals surface area (Å²) in [4.78, 5) is 10.5. The van der Waals surface area contributed by atoms with Crippen LogP contribution >= 0.6 is 11.9 Å². The lowest BCUT2D eigenvalue weighted by molar-refractivity contribution is -0.383. The number of hydrogen-bond acceptors (Lipinski definition) is 6. The van der Waals surface area contributed by atoms with E-state index in [0.29, 0.717) is 11.4 Å². The van der Waals surface area contributed by atoms with E-state index in [2.05, 4.69) is 10.0 Å². The lowest BCUT2D eigenvalue weighted by Gasteiger charge is -2.07. The predicted molar refractivity (Wildman–Crippen MR) is 74.7 cm³/mol. The fraction of sp³-hybridized carbons (Fsp3) is 0.273. The highest BCUT2D eigenvalue weighted by Crippen LogP contribution is 2.28. The van der Waals surface area contributed by atoms with Crippen LogP contribution in [0.5, 0.6) is 0 Å². The maximum absolute atomic E-state index is 10.9. The second-order valence-corrected chi connectivity index (χ2v) is 4.04. The van der Waals surface area contributed by atoms with Gasteiger partial charge in [0.2, 0.25) is 0 Å². The molecule has 0 aliphatic carbocycles. The molecule has 0 saturated heterocycles. The van der Waals surface area contributed by atoms with E-state index in [4.69, 9.17) is 5.11 Å². The molecular weight excluding hydrogens is 254 g/mol. The topological polar surface area (TPSA) is 87.4 Å². The number of hydrogen-bond donors (Lipinski definition) is 3. The van der Waals surface area contributed by atoms with Crippen molar-refractivity contribution in [2.24, 2.45) is 0 Å². The van der Waals surface area contributed by atoms with Gasteiger partial charge in [-0.3, -0.25) is 10.1 Å². The average molecular weight is 269 g/mol. The molecule has 0 fully saturated rings. The summed E-state index contributed by atoms with van der Waals surface area (Å²) in [5.74, 6) is 0. The quantitative estimate of drug-likeness (QED) is 0.400. The molecule has 0 bridgehead atoms. The Balaban J connectivity index is 2.85. The molecule has 1 aromatic carbocycles. The Morgan fingerprint density at radius 2 is 2.33 bits per heavy atom. The summed E-state index contributed by atoms with van der Waals surface area (Å²) >= 11 is 1.34. The monoisotopic (exact) mass is 269 g/mol. The highest BCUT2D eigenvalue weighted by atomic mass is 32.2. The fourth-order valence-corrected chi connectivity index (χ4v) is 1.72. The third kappa shape index (κ3) is 4.27. The molecule has 0 saturated carbocycles. The number of nitro groups is 1. The molecular formula is C11H15N3O3S. The van der Waals surface area contributed by atoms with E-state index >= 15 is 0 Å². The molecule has 0 aliphatic heterocycles. The normalized spacial score (nSPS) is 10.6. The second-order valence-electron chi connectivity index (χ2n) is 3.33. The van der Waals surface area contributed by atoms with Gasteiger partial charge in [0, 0.05) is 12.6 Å². The number of allylic oxidation sites excluding steroid dienone is 1. The van der Waals surface area contributed by atoms with E-state index < -0.39 is 4.92 Å². The standard InChI is InChI=1S/C11H15N3O3S/c1-2-7-18-13-9-3-4-10(12-5-6-15)11(8-9)14(16)17/h2-4,7-8,12-13,15H,5-6H2,1H3/b7-2+. The van der Waals surface area contributed by atoms with Gasteiger partial charge in [-0.1, -0.05) is 6.08 Å². The summed E-state index contributed by atoms with van der Waals surface area (Å²) in [6.07, 6.45) is 1.86. The van der Waals surface area contributed by atoms with Gasteiger partial charge in [-0.05, 0) is 36.4 Å². The summed E-state index contributed by atoms with van der Waals surface area (Å²) in [5, 5.41) is 24.3. The number of aliphatic hydroxyl groups is 1. The lowest BCUT2D eigenvalue weighted by atomic mass is 10.2. The third-order valence-corrected chi connectivity index (χ3v) is 2.76. The second kappa shape index (κ2) is 7.57. The highest BCUT2D eigenvalue weighted by Gasteiger charge is 2.13. The minimum atomic E-state index is -0.453. The van der Waals surface area contributed by atoms with E-state index in [1.165, 1.54) is 18.0 Å². The predicted octanol–water partition coefficient (Wildman–Crippen LogP) is 2.59. The van der Waals surface area contributed by atoms with Crippen LogP contribution in [0, 0.1) is 10.1 Å². The highest BCUT2D eigenvalue weighted by molar-refractivity contribution is 8.03. The molecule has 98 valence electrons. The molecule has 0 aliphatic rings. The molecule has 3 N–H and O–H groups in total. The van der Waals surface area contributed by atoms with E-state index in [1.54, 1.807) is 12.1 Å². The van der Waals surface area contributed by atoms with Crippen LogP contribution in [0.4, 0.5) is 17.1 Å². The molecule has 0 spiro atoms. The first kappa shape index (κ1) is 14.3. The van der Waals surface area contributed by atoms with E-state index in [9.17, 15) is 10.1 Å². The Hall–Kier alpha value is -1.73. The van der Waals surface area contributed by atoms with Crippen LogP contribution in [0.25, 0.3) is 0 Å². The summed E-state index contributed by atoms with van der Waals surface area (Å²) in [5.41, 5.74) is 1.03. The fourth-order valence-electron chi connectivity index (χ4n) is 1.26. The van der Waals surface area contributed by atoms with Gasteiger partial charge in [-0.15, -0.1) is 0 Å². The van der Waals surface area contributed by atoms with E-state index in [1.807, 2.05) is 18.4 Å². The zero-order valence-electron chi connectivity index (χ0n) is 9.92. The minimum absolute atomic E-state index is 0.0190. The molecule has 6 nitrogen and oxygen atoms in total. The van der Waals surface area contributed by atoms with Gasteiger partial charge < -0.3 is 15.1 Å². The van der Waals surface area contributed by atoms with Crippen LogP contribution in [0.1, 0.15) is 6.92 Å². The number of benzene rings is 1. The van der Waals surface area contributed by atoms with Gasteiger partial charge in [-0.25, -0.2) is 0 Å². The van der Waals surface area contributed by atoms with Crippen LogP contribution in [0.3, 0.4) is 0 Å². The Morgan fingerprint density at radius 3 is 2.94 bits per heavy atom. The van der Waals surface area contributed by atoms with Crippen molar-refractivity contribution in [3.8, 4) is 0 Å². The number of nitro benzene ring substituents is 1. The van der Waals surface area contributed by atoms with Crippen LogP contribution in [-0.2, 0) is 0 Å². The number of rotatable bonds is 7. The zero-order chi connectivity index (χ0) is 13.4. The molecule has 0 radical (unpaired) electrons. The van der Waals surface area contributed by atoms with Crippen LogP contribution < -0.4 is 10.0 Å². The molecule has 0 unspecified atom stereocenters. The number of anilines is 2. The molecule has 0 aromatic heterocycles. The summed E-state index contributed by atoms with van der Waals surface area (Å²) < 4.78 is 2.97. The first-order chi connectivity index (χ1) is 8.69. The largest absolute Gasteiger partial charge is 0.395 e. The Kier molecular flexibility index (Phi) is 6.03. The average Bonchev–Trinajstić information content (AvgIpc) is 2.37. The maximum Gasteiger partial charge on any atom is 0.294 e. The van der Waals surface area contributed by atoms with Crippen LogP contribution in [0.15, 0.2) is 29.7 Å².